The molecule has 2 unspecified atom stereocenters. The van der Waals surface area contributed by atoms with Gasteiger partial charge in [0, 0.05) is 36.0 Å². The maximum absolute atomic E-state index is 5.18. The van der Waals surface area contributed by atoms with Gasteiger partial charge in [-0.05, 0) is 0 Å². The van der Waals surface area contributed by atoms with Crippen LogP contribution in [0.4, 0.5) is 0 Å². The number of ether oxygens (including phenoxy) is 1. The van der Waals surface area contributed by atoms with E-state index in [1.54, 1.807) is 0 Å². The summed E-state index contributed by atoms with van der Waals surface area (Å²) in [5.74, 6) is 0. The van der Waals surface area contributed by atoms with E-state index in [4.69, 9.17) is 4.74 Å². The zero-order valence-electron chi connectivity index (χ0n) is 3.80. The van der Waals surface area contributed by atoms with E-state index < -0.39 is 0 Å². The van der Waals surface area contributed by atoms with Gasteiger partial charge < -0.3 is 4.74 Å². The molecule has 0 spiro atoms. The van der Waals surface area contributed by atoms with E-state index >= 15 is 0 Å². The minimum Gasteiger partial charge on any atom is -0.367 e. The second-order valence-corrected chi connectivity index (χ2v) is 3.41. The monoisotopic (exact) mass is 211 g/mol. The van der Waals surface area contributed by atoms with Gasteiger partial charge in [-0.15, -0.1) is 0 Å². The summed E-state index contributed by atoms with van der Waals surface area (Å²) < 4.78 is 7.45. The Morgan fingerprint density at radius 2 is 2.00 bits per heavy atom. The van der Waals surface area contributed by atoms with E-state index in [1.165, 1.54) is 0 Å². The molecule has 3 heteroatoms. The lowest BCUT2D eigenvalue weighted by Gasteiger charge is -2.03. The van der Waals surface area contributed by atoms with Crippen molar-refractivity contribution in [1.29, 1.82) is 0 Å². The Labute approximate surface area is 56.3 Å². The minimum absolute atomic E-state index is 0.608. The SMILES string of the molecule is IN1CC2OC2C1. The molecule has 2 heterocycles. The quantitative estimate of drug-likeness (QED) is 0.328. The van der Waals surface area contributed by atoms with Crippen LogP contribution >= 0.6 is 22.9 Å². The van der Waals surface area contributed by atoms with Crippen LogP contribution in [-0.2, 0) is 4.74 Å². The molecule has 2 rings (SSSR count). The molecule has 2 fully saturated rings. The van der Waals surface area contributed by atoms with Gasteiger partial charge in [-0.25, -0.2) is 3.11 Å². The number of epoxide rings is 1. The third-order valence-electron chi connectivity index (χ3n) is 1.44. The summed E-state index contributed by atoms with van der Waals surface area (Å²) in [5, 5.41) is 0. The van der Waals surface area contributed by atoms with Crippen LogP contribution in [0.1, 0.15) is 0 Å². The fourth-order valence-corrected chi connectivity index (χ4v) is 1.74. The molecular formula is C4H6INO. The van der Waals surface area contributed by atoms with E-state index in [9.17, 15) is 0 Å². The predicted octanol–water partition coefficient (Wildman–Crippen LogP) is 0.419. The summed E-state index contributed by atoms with van der Waals surface area (Å²) in [6.07, 6.45) is 1.22. The number of halogens is 1. The topological polar surface area (TPSA) is 15.8 Å². The third-order valence-corrected chi connectivity index (χ3v) is 2.23. The lowest BCUT2D eigenvalue weighted by Crippen LogP contribution is -2.10. The van der Waals surface area contributed by atoms with Gasteiger partial charge in [0.15, 0.2) is 0 Å². The molecule has 2 aliphatic rings. The molecule has 0 saturated carbocycles. The lowest BCUT2D eigenvalue weighted by molar-refractivity contribution is 0.295. The van der Waals surface area contributed by atoms with Gasteiger partial charge in [-0.1, -0.05) is 0 Å². The summed E-state index contributed by atoms with van der Waals surface area (Å²) in [5.41, 5.74) is 0. The molecule has 40 valence electrons. The van der Waals surface area contributed by atoms with E-state index in [0.29, 0.717) is 12.2 Å². The molecule has 0 amide bonds. The summed E-state index contributed by atoms with van der Waals surface area (Å²) in [4.78, 5) is 0. The summed E-state index contributed by atoms with van der Waals surface area (Å²) >= 11 is 2.33. The van der Waals surface area contributed by atoms with E-state index in [-0.39, 0.29) is 0 Å². The van der Waals surface area contributed by atoms with Crippen LogP contribution < -0.4 is 0 Å². The van der Waals surface area contributed by atoms with Crippen molar-refractivity contribution in [3.8, 4) is 0 Å². The van der Waals surface area contributed by atoms with Crippen molar-refractivity contribution in [2.24, 2.45) is 0 Å². The van der Waals surface area contributed by atoms with Gasteiger partial charge >= 0.3 is 0 Å². The Balaban J connectivity index is 2.02. The Hall–Kier alpha value is 0.650. The normalized spacial score (nSPS) is 49.3. The van der Waals surface area contributed by atoms with Gasteiger partial charge in [-0.2, -0.15) is 0 Å². The zero-order chi connectivity index (χ0) is 4.85. The van der Waals surface area contributed by atoms with Gasteiger partial charge in [-0.3, -0.25) is 0 Å². The van der Waals surface area contributed by atoms with E-state index in [1.807, 2.05) is 0 Å². The molecule has 0 aliphatic carbocycles. The van der Waals surface area contributed by atoms with Crippen LogP contribution in [0.5, 0.6) is 0 Å². The second-order valence-electron chi connectivity index (χ2n) is 2.04. The van der Waals surface area contributed by atoms with E-state index in [2.05, 4.69) is 26.0 Å². The van der Waals surface area contributed by atoms with Crippen LogP contribution in [0, 0.1) is 0 Å². The van der Waals surface area contributed by atoms with Crippen molar-refractivity contribution in [1.82, 2.24) is 3.11 Å². The van der Waals surface area contributed by atoms with Crippen molar-refractivity contribution in [2.45, 2.75) is 12.2 Å². The van der Waals surface area contributed by atoms with Crippen molar-refractivity contribution in [3.05, 3.63) is 0 Å². The zero-order valence-corrected chi connectivity index (χ0v) is 5.96. The molecule has 0 aromatic rings. The molecule has 7 heavy (non-hydrogen) atoms. The van der Waals surface area contributed by atoms with Gasteiger partial charge in [0.2, 0.25) is 0 Å². The molecule has 0 N–H and O–H groups in total. The Kier molecular flexibility index (Phi) is 0.857. The summed E-state index contributed by atoms with van der Waals surface area (Å²) in [7, 11) is 0. The average Bonchev–Trinajstić information content (AvgIpc) is 2.15. The fraction of sp³-hybridized carbons (Fsp3) is 1.00. The molecule has 0 aromatic heterocycles. The first-order chi connectivity index (χ1) is 3.36. The Bertz CT molecular complexity index is 87.7. The molecule has 2 aliphatic heterocycles. The maximum atomic E-state index is 5.18. The van der Waals surface area contributed by atoms with Crippen LogP contribution in [0.3, 0.4) is 0 Å². The van der Waals surface area contributed by atoms with Crippen molar-refractivity contribution < 1.29 is 4.74 Å². The number of morpholine rings is 1. The van der Waals surface area contributed by atoms with Crippen LogP contribution in [0.2, 0.25) is 0 Å². The number of hydrogen-bond acceptors (Lipinski definition) is 2. The van der Waals surface area contributed by atoms with Crippen LogP contribution in [0.15, 0.2) is 0 Å². The first kappa shape index (κ1) is 4.52. The highest BCUT2D eigenvalue weighted by Gasteiger charge is 2.46. The standard InChI is InChI=1S/C4H6INO/c5-6-1-3-4(2-6)7-3/h3-4H,1-2H2. The highest BCUT2D eigenvalue weighted by atomic mass is 127. The molecular weight excluding hydrogens is 205 g/mol. The predicted molar refractivity (Wildman–Crippen MR) is 34.3 cm³/mol. The molecule has 0 radical (unpaired) electrons. The molecule has 2 saturated heterocycles. The van der Waals surface area contributed by atoms with Crippen molar-refractivity contribution in [3.63, 3.8) is 0 Å². The number of hydrogen-bond donors (Lipinski definition) is 0. The molecule has 0 bridgehead atoms. The largest absolute Gasteiger partial charge is 0.367 e. The number of rotatable bonds is 0. The summed E-state index contributed by atoms with van der Waals surface area (Å²) in [6, 6.07) is 0. The molecule has 2 nitrogen and oxygen atoms in total. The van der Waals surface area contributed by atoms with Gasteiger partial charge in [0.05, 0.1) is 12.2 Å². The minimum atomic E-state index is 0.608. The van der Waals surface area contributed by atoms with Crippen molar-refractivity contribution in [2.75, 3.05) is 13.1 Å². The van der Waals surface area contributed by atoms with Crippen LogP contribution in [-0.4, -0.2) is 28.4 Å². The van der Waals surface area contributed by atoms with E-state index in [0.717, 1.165) is 13.1 Å². The Morgan fingerprint density at radius 3 is 2.29 bits per heavy atom. The maximum Gasteiger partial charge on any atom is 0.0990 e. The second kappa shape index (κ2) is 1.33. The average molecular weight is 211 g/mol. The smallest absolute Gasteiger partial charge is 0.0990 e. The third kappa shape index (κ3) is 0.670. The van der Waals surface area contributed by atoms with Crippen LogP contribution in [0.25, 0.3) is 0 Å². The fourth-order valence-electron chi connectivity index (χ4n) is 0.965. The van der Waals surface area contributed by atoms with Crippen molar-refractivity contribution >= 4 is 22.9 Å². The molecule has 2 atom stereocenters. The first-order valence-electron chi connectivity index (χ1n) is 2.42. The van der Waals surface area contributed by atoms with Gasteiger partial charge in [0.1, 0.15) is 0 Å². The summed E-state index contributed by atoms with van der Waals surface area (Å²) in [6.45, 7) is 2.29. The number of nitrogens with zero attached hydrogens (tertiary/aromatic N) is 1. The number of fused-ring (bicyclic) bond motifs is 1. The highest BCUT2D eigenvalue weighted by molar-refractivity contribution is 14.1. The Morgan fingerprint density at radius 1 is 1.43 bits per heavy atom. The lowest BCUT2D eigenvalue weighted by atomic mass is 10.4. The highest BCUT2D eigenvalue weighted by Crippen LogP contribution is 2.31. The first-order valence-corrected chi connectivity index (χ1v) is 3.39. The molecule has 0 aromatic carbocycles. The van der Waals surface area contributed by atoms with Gasteiger partial charge in [0.25, 0.3) is 0 Å².